The van der Waals surface area contributed by atoms with Gasteiger partial charge in [0.1, 0.15) is 5.52 Å². The highest BCUT2D eigenvalue weighted by molar-refractivity contribution is 5.77. The molecular weight excluding hydrogens is 196 g/mol. The molecule has 2 aromatic rings. The molecule has 2 rings (SSSR count). The lowest BCUT2D eigenvalue weighted by Crippen LogP contribution is -1.84. The summed E-state index contributed by atoms with van der Waals surface area (Å²) >= 11 is 0. The lowest BCUT2D eigenvalue weighted by Gasteiger charge is -1.93. The smallest absolute Gasteiger partial charge is 0.394 e. The van der Waals surface area contributed by atoms with Crippen LogP contribution in [0.5, 0.6) is 6.08 Å². The van der Waals surface area contributed by atoms with Gasteiger partial charge in [-0.3, -0.25) is 0 Å². The van der Waals surface area contributed by atoms with E-state index in [0.717, 1.165) is 5.56 Å². The van der Waals surface area contributed by atoms with E-state index in [2.05, 4.69) is 9.98 Å². The predicted octanol–water partition coefficient (Wildman–Crippen LogP) is 1.67. The van der Waals surface area contributed by atoms with Crippen molar-refractivity contribution in [3.63, 3.8) is 0 Å². The Morgan fingerprint density at radius 2 is 2.47 bits per heavy atom. The molecule has 0 saturated heterocycles. The van der Waals surface area contributed by atoms with Crippen molar-refractivity contribution >= 4 is 17.2 Å². The van der Waals surface area contributed by atoms with Crippen LogP contribution in [0.3, 0.4) is 0 Å². The third-order valence-electron chi connectivity index (χ3n) is 1.97. The number of hydrogen-bond acceptors (Lipinski definition) is 5. The number of aliphatic imine (C=N–C) groups is 1. The Labute approximate surface area is 85.4 Å². The van der Waals surface area contributed by atoms with Crippen molar-refractivity contribution < 1.29 is 13.9 Å². The first-order valence-electron chi connectivity index (χ1n) is 4.31. The zero-order chi connectivity index (χ0) is 10.7. The second kappa shape index (κ2) is 3.94. The molecule has 1 aromatic heterocycles. The maximum atomic E-state index is 10.0. The monoisotopic (exact) mass is 204 g/mol. The Kier molecular flexibility index (Phi) is 2.48. The van der Waals surface area contributed by atoms with Gasteiger partial charge in [-0.15, -0.1) is 0 Å². The lowest BCUT2D eigenvalue weighted by molar-refractivity contribution is 0.299. The third-order valence-corrected chi connectivity index (χ3v) is 1.97. The first kappa shape index (κ1) is 9.43. The van der Waals surface area contributed by atoms with E-state index in [9.17, 15) is 4.79 Å². The Balaban J connectivity index is 2.53. The molecule has 0 aliphatic carbocycles. The molecule has 5 heteroatoms. The van der Waals surface area contributed by atoms with Crippen LogP contribution in [0.25, 0.3) is 11.1 Å². The summed E-state index contributed by atoms with van der Waals surface area (Å²) in [5, 5.41) is 0. The van der Waals surface area contributed by atoms with Crippen molar-refractivity contribution in [3.8, 4) is 6.08 Å². The number of rotatable bonds is 3. The van der Waals surface area contributed by atoms with Crippen molar-refractivity contribution in [2.24, 2.45) is 4.99 Å². The fourth-order valence-electron chi connectivity index (χ4n) is 1.32. The molecular formula is C10H8N2O3. The summed E-state index contributed by atoms with van der Waals surface area (Å²) in [4.78, 5) is 17.6. The maximum Gasteiger partial charge on any atom is 0.394 e. The molecule has 0 amide bonds. The maximum absolute atomic E-state index is 10.0. The van der Waals surface area contributed by atoms with Crippen LogP contribution < -0.4 is 4.74 Å². The minimum atomic E-state index is 0.201. The summed E-state index contributed by atoms with van der Waals surface area (Å²) in [7, 11) is 1.48. The van der Waals surface area contributed by atoms with Gasteiger partial charge in [0.25, 0.3) is 0 Å². The standard InChI is InChI=1S/C10H8N2O3/c1-14-10-12-9-7(5-11-6-13)3-2-4-8(9)15-10/h2-4H,5H2,1H3. The molecule has 0 atom stereocenters. The van der Waals surface area contributed by atoms with Gasteiger partial charge in [0.2, 0.25) is 6.08 Å². The van der Waals surface area contributed by atoms with Crippen LogP contribution in [-0.4, -0.2) is 18.2 Å². The van der Waals surface area contributed by atoms with Gasteiger partial charge in [-0.05, 0) is 6.07 Å². The van der Waals surface area contributed by atoms with Gasteiger partial charge in [-0.2, -0.15) is 4.98 Å². The zero-order valence-corrected chi connectivity index (χ0v) is 8.06. The van der Waals surface area contributed by atoms with Gasteiger partial charge >= 0.3 is 6.08 Å². The molecule has 15 heavy (non-hydrogen) atoms. The van der Waals surface area contributed by atoms with Crippen molar-refractivity contribution in [1.82, 2.24) is 4.98 Å². The molecule has 0 spiro atoms. The van der Waals surface area contributed by atoms with Crippen LogP contribution in [0, 0.1) is 0 Å². The predicted molar refractivity (Wildman–Crippen MR) is 52.4 cm³/mol. The number of nitrogens with zero attached hydrogens (tertiary/aromatic N) is 2. The third kappa shape index (κ3) is 1.73. The number of hydrogen-bond donors (Lipinski definition) is 0. The summed E-state index contributed by atoms with van der Waals surface area (Å²) in [6.07, 6.45) is 1.69. The minimum absolute atomic E-state index is 0.201. The number of carbonyl (C=O) groups excluding carboxylic acids is 1. The Hall–Kier alpha value is -2.13. The second-order valence-electron chi connectivity index (χ2n) is 2.86. The Bertz CT molecular complexity index is 526. The summed E-state index contributed by atoms with van der Waals surface area (Å²) in [6.45, 7) is 0.247. The van der Waals surface area contributed by atoms with Crippen LogP contribution in [0.4, 0.5) is 0 Å². The number of methoxy groups -OCH3 is 1. The van der Waals surface area contributed by atoms with E-state index < -0.39 is 0 Å². The molecule has 0 saturated carbocycles. The topological polar surface area (TPSA) is 64.7 Å². The van der Waals surface area contributed by atoms with E-state index in [1.807, 2.05) is 12.1 Å². The van der Waals surface area contributed by atoms with Crippen molar-refractivity contribution in [1.29, 1.82) is 0 Å². The highest BCUT2D eigenvalue weighted by Crippen LogP contribution is 2.23. The average molecular weight is 204 g/mol. The molecule has 0 aliphatic rings. The van der Waals surface area contributed by atoms with Gasteiger partial charge in [-0.25, -0.2) is 9.79 Å². The van der Waals surface area contributed by atoms with Gasteiger partial charge < -0.3 is 9.15 Å². The number of oxazole rings is 1. The summed E-state index contributed by atoms with van der Waals surface area (Å²) in [5.74, 6) is 0. The van der Waals surface area contributed by atoms with E-state index in [1.165, 1.54) is 13.2 Å². The molecule has 5 nitrogen and oxygen atoms in total. The van der Waals surface area contributed by atoms with Crippen LogP contribution in [0.2, 0.25) is 0 Å². The fourth-order valence-corrected chi connectivity index (χ4v) is 1.32. The number of aromatic nitrogens is 1. The number of para-hydroxylation sites is 1. The van der Waals surface area contributed by atoms with Gasteiger partial charge in [0.15, 0.2) is 5.58 Å². The van der Waals surface area contributed by atoms with E-state index in [4.69, 9.17) is 9.15 Å². The quantitative estimate of drug-likeness (QED) is 0.563. The van der Waals surface area contributed by atoms with Crippen molar-refractivity contribution in [2.75, 3.05) is 7.11 Å². The molecule has 0 N–H and O–H groups in total. The van der Waals surface area contributed by atoms with Crippen LogP contribution in [-0.2, 0) is 11.3 Å². The van der Waals surface area contributed by atoms with Crippen LogP contribution >= 0.6 is 0 Å². The summed E-state index contributed by atoms with van der Waals surface area (Å²) in [5.41, 5.74) is 2.08. The average Bonchev–Trinajstić information content (AvgIpc) is 2.69. The lowest BCUT2D eigenvalue weighted by atomic mass is 10.2. The molecule has 0 radical (unpaired) electrons. The van der Waals surface area contributed by atoms with Crippen LogP contribution in [0.1, 0.15) is 5.56 Å². The number of fused-ring (bicyclic) bond motifs is 1. The molecule has 0 fully saturated rings. The van der Waals surface area contributed by atoms with Gasteiger partial charge in [0, 0.05) is 5.56 Å². The fraction of sp³-hybridized carbons (Fsp3) is 0.200. The second-order valence-corrected chi connectivity index (χ2v) is 2.86. The van der Waals surface area contributed by atoms with Gasteiger partial charge in [-0.1, -0.05) is 12.1 Å². The molecule has 1 aromatic carbocycles. The van der Waals surface area contributed by atoms with Crippen molar-refractivity contribution in [2.45, 2.75) is 6.54 Å². The zero-order valence-electron chi connectivity index (χ0n) is 8.06. The van der Waals surface area contributed by atoms with Crippen LogP contribution in [0.15, 0.2) is 27.6 Å². The Morgan fingerprint density at radius 1 is 1.60 bits per heavy atom. The summed E-state index contributed by atoms with van der Waals surface area (Å²) in [6, 6.07) is 5.41. The van der Waals surface area contributed by atoms with E-state index in [-0.39, 0.29) is 12.6 Å². The molecule has 0 unspecified atom stereocenters. The number of benzene rings is 1. The van der Waals surface area contributed by atoms with E-state index in [0.29, 0.717) is 11.1 Å². The highest BCUT2D eigenvalue weighted by Gasteiger charge is 2.08. The first-order valence-corrected chi connectivity index (χ1v) is 4.31. The highest BCUT2D eigenvalue weighted by atomic mass is 16.6. The largest absolute Gasteiger partial charge is 0.453 e. The van der Waals surface area contributed by atoms with E-state index >= 15 is 0 Å². The molecule has 1 heterocycles. The first-order chi connectivity index (χ1) is 7.35. The van der Waals surface area contributed by atoms with Crippen molar-refractivity contribution in [3.05, 3.63) is 23.8 Å². The minimum Gasteiger partial charge on any atom is -0.453 e. The normalized spacial score (nSPS) is 9.93. The molecule has 0 bridgehead atoms. The summed E-state index contributed by atoms with van der Waals surface area (Å²) < 4.78 is 10.1. The Morgan fingerprint density at radius 3 is 3.20 bits per heavy atom. The van der Waals surface area contributed by atoms with Gasteiger partial charge in [0.05, 0.1) is 13.7 Å². The SMILES string of the molecule is COc1nc2c(CN=C=O)cccc2o1. The van der Waals surface area contributed by atoms with E-state index in [1.54, 1.807) is 6.07 Å². The number of ether oxygens (including phenoxy) is 1. The molecule has 0 aliphatic heterocycles. The number of isocyanates is 1. The molecule has 76 valence electrons.